The molecule has 2 aliphatic rings. The number of thiocarbonyl (C=S) groups is 1. The molecule has 1 aromatic heterocycles. The largest absolute Gasteiger partial charge is 0.362 e. The van der Waals surface area contributed by atoms with E-state index in [0.717, 1.165) is 50.3 Å². The molecule has 1 fully saturated rings. The van der Waals surface area contributed by atoms with Gasteiger partial charge in [0.1, 0.15) is 5.82 Å². The highest BCUT2D eigenvalue weighted by Crippen LogP contribution is 2.29. The van der Waals surface area contributed by atoms with Gasteiger partial charge >= 0.3 is 0 Å². The van der Waals surface area contributed by atoms with Gasteiger partial charge in [-0.15, -0.1) is 0 Å². The van der Waals surface area contributed by atoms with Crippen LogP contribution in [-0.2, 0) is 12.8 Å². The van der Waals surface area contributed by atoms with Gasteiger partial charge in [0.25, 0.3) is 0 Å². The van der Waals surface area contributed by atoms with Crippen molar-refractivity contribution in [3.63, 3.8) is 0 Å². The number of rotatable bonds is 7. The van der Waals surface area contributed by atoms with Crippen molar-refractivity contribution >= 4 is 29.1 Å². The third-order valence-corrected chi connectivity index (χ3v) is 7.76. The maximum Gasteiger partial charge on any atom is 0.225 e. The summed E-state index contributed by atoms with van der Waals surface area (Å²) in [6.45, 7) is 0. The predicted molar refractivity (Wildman–Crippen MR) is 156 cm³/mol. The average Bonchev–Trinajstić information content (AvgIpc) is 2.93. The van der Waals surface area contributed by atoms with Crippen molar-refractivity contribution in [2.24, 2.45) is 0 Å². The minimum atomic E-state index is 0.0208. The fourth-order valence-corrected chi connectivity index (χ4v) is 5.87. The van der Waals surface area contributed by atoms with E-state index in [1.807, 2.05) is 12.1 Å². The summed E-state index contributed by atoms with van der Waals surface area (Å²) >= 11 is 5.78. The highest BCUT2D eigenvalue weighted by molar-refractivity contribution is 7.80. The van der Waals surface area contributed by atoms with Crippen LogP contribution in [0.3, 0.4) is 0 Å². The summed E-state index contributed by atoms with van der Waals surface area (Å²) in [6.07, 6.45) is 8.85. The highest BCUT2D eigenvalue weighted by atomic mass is 32.1. The Labute approximate surface area is 226 Å². The lowest BCUT2D eigenvalue weighted by Crippen LogP contribution is -2.46. The monoisotopic (exact) mass is 514 g/mol. The summed E-state index contributed by atoms with van der Waals surface area (Å²) in [5.41, 5.74) is 4.96. The lowest BCUT2D eigenvalue weighted by molar-refractivity contribution is 0.384. The molecule has 6 nitrogen and oxygen atoms in total. The van der Waals surface area contributed by atoms with Gasteiger partial charge < -0.3 is 20.9 Å². The van der Waals surface area contributed by atoms with E-state index >= 15 is 0 Å². The fourth-order valence-electron chi connectivity index (χ4n) is 5.58. The lowest BCUT2D eigenvalue weighted by atomic mass is 9.91. The average molecular weight is 515 g/mol. The van der Waals surface area contributed by atoms with Crippen molar-refractivity contribution in [2.45, 2.75) is 69.5 Å². The molecular weight excluding hydrogens is 476 g/mol. The van der Waals surface area contributed by atoms with Crippen molar-refractivity contribution < 1.29 is 0 Å². The first-order valence-corrected chi connectivity index (χ1v) is 14.0. The zero-order valence-electron chi connectivity index (χ0n) is 21.9. The first-order chi connectivity index (χ1) is 18.1. The molecule has 194 valence electrons. The highest BCUT2D eigenvalue weighted by Gasteiger charge is 2.25. The van der Waals surface area contributed by atoms with Crippen LogP contribution < -0.4 is 20.9 Å². The van der Waals surface area contributed by atoms with Gasteiger partial charge in [-0.1, -0.05) is 60.7 Å². The first-order valence-electron chi connectivity index (χ1n) is 13.6. The maximum absolute atomic E-state index is 5.78. The van der Waals surface area contributed by atoms with E-state index in [2.05, 4.69) is 83.5 Å². The van der Waals surface area contributed by atoms with Crippen molar-refractivity contribution in [3.8, 4) is 0 Å². The van der Waals surface area contributed by atoms with Crippen LogP contribution in [0.5, 0.6) is 0 Å². The van der Waals surface area contributed by atoms with Crippen molar-refractivity contribution in [2.75, 3.05) is 24.3 Å². The van der Waals surface area contributed by atoms with Crippen molar-refractivity contribution in [1.82, 2.24) is 20.6 Å². The zero-order valence-corrected chi connectivity index (χ0v) is 22.7. The van der Waals surface area contributed by atoms with Crippen LogP contribution in [0, 0.1) is 0 Å². The van der Waals surface area contributed by atoms with Crippen LogP contribution in [0.4, 0.5) is 11.8 Å². The molecule has 0 aliphatic heterocycles. The summed E-state index contributed by atoms with van der Waals surface area (Å²) in [6, 6.07) is 21.8. The summed E-state index contributed by atoms with van der Waals surface area (Å²) in [7, 11) is 4.16. The van der Waals surface area contributed by atoms with Crippen molar-refractivity contribution in [3.05, 3.63) is 83.0 Å². The number of nitrogens with one attached hydrogen (secondary N) is 3. The Morgan fingerprint density at radius 2 is 1.43 bits per heavy atom. The Kier molecular flexibility index (Phi) is 8.19. The standard InChI is InChI=1S/C30H38N6S/c1-36(2)28-25-15-9-10-16-26(25)33-29(35-28)31-23-17-19-24(20-18-23)32-30(37)34-27(21-11-5-3-6-12-21)22-13-7-4-8-14-22/h3-8,11-14,23-24,27H,9-10,15-20H2,1-2H3,(H,31,33,35)(H2,32,34,37). The number of anilines is 2. The normalized spacial score (nSPS) is 19.1. The van der Waals surface area contributed by atoms with Gasteiger partial charge in [0.2, 0.25) is 5.95 Å². The van der Waals surface area contributed by atoms with Gasteiger partial charge in [0.05, 0.1) is 11.7 Å². The molecule has 7 heteroatoms. The molecule has 0 spiro atoms. The molecule has 3 N–H and O–H groups in total. The van der Waals surface area contributed by atoms with Gasteiger partial charge in [0.15, 0.2) is 5.11 Å². The zero-order chi connectivity index (χ0) is 25.6. The van der Waals surface area contributed by atoms with E-state index in [-0.39, 0.29) is 6.04 Å². The van der Waals surface area contributed by atoms with E-state index in [4.69, 9.17) is 22.2 Å². The Morgan fingerprint density at radius 1 is 0.838 bits per heavy atom. The molecule has 0 radical (unpaired) electrons. The molecule has 1 heterocycles. The maximum atomic E-state index is 5.78. The summed E-state index contributed by atoms with van der Waals surface area (Å²) in [5, 5.41) is 11.5. The van der Waals surface area contributed by atoms with E-state index in [1.165, 1.54) is 35.2 Å². The number of hydrogen-bond donors (Lipinski definition) is 3. The molecular formula is C30H38N6S. The van der Waals surface area contributed by atoms with Crippen LogP contribution in [0.1, 0.15) is 67.0 Å². The molecule has 0 unspecified atom stereocenters. The summed E-state index contributed by atoms with van der Waals surface area (Å²) < 4.78 is 0. The second-order valence-electron chi connectivity index (χ2n) is 10.5. The molecule has 1 saturated carbocycles. The number of fused-ring (bicyclic) bond motifs is 1. The Balaban J connectivity index is 1.17. The molecule has 0 bridgehead atoms. The second kappa shape index (κ2) is 11.9. The Bertz CT molecular complexity index is 1140. The smallest absolute Gasteiger partial charge is 0.225 e. The third kappa shape index (κ3) is 6.39. The van der Waals surface area contributed by atoms with Crippen molar-refractivity contribution in [1.29, 1.82) is 0 Å². The number of benzene rings is 2. The first kappa shape index (κ1) is 25.5. The molecule has 5 rings (SSSR count). The quantitative estimate of drug-likeness (QED) is 0.365. The second-order valence-corrected chi connectivity index (χ2v) is 10.9. The van der Waals surface area contributed by atoms with E-state index in [1.54, 1.807) is 0 Å². The molecule has 0 atom stereocenters. The number of hydrogen-bond acceptors (Lipinski definition) is 5. The molecule has 0 saturated heterocycles. The van der Waals surface area contributed by atoms with Crippen LogP contribution in [0.2, 0.25) is 0 Å². The van der Waals surface area contributed by atoms with Gasteiger partial charge in [-0.25, -0.2) is 4.98 Å². The van der Waals surface area contributed by atoms with E-state index in [9.17, 15) is 0 Å². The van der Waals surface area contributed by atoms with Crippen LogP contribution in [-0.4, -0.2) is 41.3 Å². The fraction of sp³-hybridized carbons (Fsp3) is 0.433. The lowest BCUT2D eigenvalue weighted by Gasteiger charge is -2.32. The van der Waals surface area contributed by atoms with E-state index in [0.29, 0.717) is 17.2 Å². The molecule has 2 aromatic carbocycles. The number of aryl methyl sites for hydroxylation is 1. The third-order valence-electron chi connectivity index (χ3n) is 7.52. The minimum Gasteiger partial charge on any atom is -0.362 e. The van der Waals surface area contributed by atoms with Crippen LogP contribution >= 0.6 is 12.2 Å². The molecule has 2 aliphatic carbocycles. The van der Waals surface area contributed by atoms with Gasteiger partial charge in [-0.2, -0.15) is 4.98 Å². The molecule has 3 aromatic rings. The van der Waals surface area contributed by atoms with E-state index < -0.39 is 0 Å². The van der Waals surface area contributed by atoms with Crippen LogP contribution in [0.15, 0.2) is 60.7 Å². The minimum absolute atomic E-state index is 0.0208. The van der Waals surface area contributed by atoms with Gasteiger partial charge in [-0.3, -0.25) is 0 Å². The molecule has 0 amide bonds. The topological polar surface area (TPSA) is 65.1 Å². The van der Waals surface area contributed by atoms with Gasteiger partial charge in [0, 0.05) is 31.7 Å². The summed E-state index contributed by atoms with van der Waals surface area (Å²) in [4.78, 5) is 11.9. The predicted octanol–water partition coefficient (Wildman–Crippen LogP) is 5.40. The SMILES string of the molecule is CN(C)c1nc(NC2CCC(NC(=S)NC(c3ccccc3)c3ccccc3)CC2)nc2c1CCCC2. The van der Waals surface area contributed by atoms with Gasteiger partial charge in [-0.05, 0) is 74.7 Å². The number of nitrogens with zero attached hydrogens (tertiary/aromatic N) is 3. The Hall–Kier alpha value is -3.19. The summed E-state index contributed by atoms with van der Waals surface area (Å²) in [5.74, 6) is 1.86. The van der Waals surface area contributed by atoms with Crippen LogP contribution in [0.25, 0.3) is 0 Å². The molecule has 37 heavy (non-hydrogen) atoms. The Morgan fingerprint density at radius 3 is 2.05 bits per heavy atom. The number of aromatic nitrogens is 2.